The maximum atomic E-state index is 12.6. The maximum absolute atomic E-state index is 12.6. The number of amides is 2. The van der Waals surface area contributed by atoms with E-state index >= 15 is 0 Å². The van der Waals surface area contributed by atoms with Gasteiger partial charge in [0.1, 0.15) is 0 Å². The number of aromatic nitrogens is 1. The number of rotatable bonds is 4. The molecule has 126 valence electrons. The van der Waals surface area contributed by atoms with Crippen LogP contribution in [0.5, 0.6) is 0 Å². The van der Waals surface area contributed by atoms with Crippen molar-refractivity contribution in [3.05, 3.63) is 65.5 Å². The Morgan fingerprint density at radius 3 is 2.33 bits per heavy atom. The molecule has 1 aromatic carbocycles. The highest BCUT2D eigenvalue weighted by molar-refractivity contribution is 5.99. The quantitative estimate of drug-likeness (QED) is 0.940. The number of carbonyl (C=O) groups is 2. The molecule has 1 N–H and O–H groups in total. The van der Waals surface area contributed by atoms with E-state index in [9.17, 15) is 9.59 Å². The van der Waals surface area contributed by atoms with Crippen molar-refractivity contribution in [3.8, 4) is 0 Å². The van der Waals surface area contributed by atoms with Crippen LogP contribution in [-0.4, -0.2) is 34.3 Å². The van der Waals surface area contributed by atoms with Crippen LogP contribution in [0.15, 0.2) is 48.8 Å². The molecule has 0 aliphatic rings. The maximum Gasteiger partial charge on any atom is 0.255 e. The molecular weight excluding hydrogens is 302 g/mol. The molecule has 1 aromatic heterocycles. The van der Waals surface area contributed by atoms with Crippen molar-refractivity contribution in [2.24, 2.45) is 0 Å². The van der Waals surface area contributed by atoms with Crippen LogP contribution in [0.25, 0.3) is 0 Å². The van der Waals surface area contributed by atoms with Crippen molar-refractivity contribution in [2.75, 3.05) is 7.05 Å². The monoisotopic (exact) mass is 325 g/mol. The largest absolute Gasteiger partial charge is 0.347 e. The van der Waals surface area contributed by atoms with E-state index in [0.717, 1.165) is 5.56 Å². The molecule has 1 heterocycles. The summed E-state index contributed by atoms with van der Waals surface area (Å²) in [6.45, 7) is 6.21. The Kier molecular flexibility index (Phi) is 5.34. The van der Waals surface area contributed by atoms with Crippen LogP contribution in [-0.2, 0) is 6.54 Å². The third-order valence-corrected chi connectivity index (χ3v) is 3.35. The number of benzene rings is 1. The lowest BCUT2D eigenvalue weighted by Gasteiger charge is -2.21. The Bertz CT molecular complexity index is 721. The van der Waals surface area contributed by atoms with Crippen LogP contribution >= 0.6 is 0 Å². The molecule has 0 bridgehead atoms. The molecule has 5 heteroatoms. The number of hydrogen-bond acceptors (Lipinski definition) is 3. The molecule has 0 unspecified atom stereocenters. The van der Waals surface area contributed by atoms with E-state index in [-0.39, 0.29) is 17.4 Å². The molecular formula is C19H23N3O2. The van der Waals surface area contributed by atoms with Crippen LogP contribution in [0.1, 0.15) is 47.1 Å². The standard InChI is InChI=1S/C19H23N3O2/c1-19(2,3)21-17(23)15-10-16(12-20-11-15)18(24)22(4)13-14-8-6-5-7-9-14/h5-12H,13H2,1-4H3,(H,21,23). The van der Waals surface area contributed by atoms with Crippen molar-refractivity contribution in [1.29, 1.82) is 0 Å². The number of pyridine rings is 1. The summed E-state index contributed by atoms with van der Waals surface area (Å²) >= 11 is 0. The summed E-state index contributed by atoms with van der Waals surface area (Å²) in [5.41, 5.74) is 1.48. The second-order valence-corrected chi connectivity index (χ2v) is 6.81. The highest BCUT2D eigenvalue weighted by Crippen LogP contribution is 2.10. The Morgan fingerprint density at radius 1 is 1.08 bits per heavy atom. The fourth-order valence-electron chi connectivity index (χ4n) is 2.24. The van der Waals surface area contributed by atoms with Crippen LogP contribution in [0, 0.1) is 0 Å². The van der Waals surface area contributed by atoms with Crippen molar-refractivity contribution < 1.29 is 9.59 Å². The van der Waals surface area contributed by atoms with Crippen LogP contribution in [0.2, 0.25) is 0 Å². The SMILES string of the molecule is CN(Cc1ccccc1)C(=O)c1cncc(C(=O)NC(C)(C)C)c1. The van der Waals surface area contributed by atoms with Gasteiger partial charge in [-0.2, -0.15) is 0 Å². The van der Waals surface area contributed by atoms with Gasteiger partial charge in [0, 0.05) is 31.5 Å². The van der Waals surface area contributed by atoms with E-state index in [2.05, 4.69) is 10.3 Å². The Hall–Kier alpha value is -2.69. The van der Waals surface area contributed by atoms with Crippen LogP contribution in [0.3, 0.4) is 0 Å². The molecule has 5 nitrogen and oxygen atoms in total. The van der Waals surface area contributed by atoms with E-state index in [0.29, 0.717) is 17.7 Å². The van der Waals surface area contributed by atoms with E-state index in [1.54, 1.807) is 18.0 Å². The minimum Gasteiger partial charge on any atom is -0.347 e. The fraction of sp³-hybridized carbons (Fsp3) is 0.316. The third-order valence-electron chi connectivity index (χ3n) is 3.35. The first-order valence-corrected chi connectivity index (χ1v) is 7.83. The first kappa shape index (κ1) is 17.7. The number of nitrogens with one attached hydrogen (secondary N) is 1. The Balaban J connectivity index is 2.12. The number of nitrogens with zero attached hydrogens (tertiary/aromatic N) is 2. The topological polar surface area (TPSA) is 62.3 Å². The third kappa shape index (κ3) is 4.91. The van der Waals surface area contributed by atoms with E-state index in [1.807, 2.05) is 51.1 Å². The van der Waals surface area contributed by atoms with Gasteiger partial charge in [0.2, 0.25) is 0 Å². The minimum absolute atomic E-state index is 0.170. The summed E-state index contributed by atoms with van der Waals surface area (Å²) in [6, 6.07) is 11.3. The summed E-state index contributed by atoms with van der Waals surface area (Å²) < 4.78 is 0. The van der Waals surface area contributed by atoms with Gasteiger partial charge >= 0.3 is 0 Å². The van der Waals surface area contributed by atoms with Crippen molar-refractivity contribution in [1.82, 2.24) is 15.2 Å². The lowest BCUT2D eigenvalue weighted by molar-refractivity contribution is 0.0784. The smallest absolute Gasteiger partial charge is 0.255 e. The predicted molar refractivity (Wildman–Crippen MR) is 93.7 cm³/mol. The molecule has 0 saturated heterocycles. The summed E-state index contributed by atoms with van der Waals surface area (Å²) in [6.07, 6.45) is 2.95. The lowest BCUT2D eigenvalue weighted by atomic mass is 10.1. The van der Waals surface area contributed by atoms with Gasteiger partial charge < -0.3 is 10.2 Å². The first-order valence-electron chi connectivity index (χ1n) is 7.83. The van der Waals surface area contributed by atoms with Crippen molar-refractivity contribution in [2.45, 2.75) is 32.9 Å². The molecule has 24 heavy (non-hydrogen) atoms. The van der Waals surface area contributed by atoms with Gasteiger partial charge in [-0.25, -0.2) is 0 Å². The van der Waals surface area contributed by atoms with Gasteiger partial charge in [0.05, 0.1) is 11.1 Å². The van der Waals surface area contributed by atoms with Gasteiger partial charge in [0.25, 0.3) is 11.8 Å². The second kappa shape index (κ2) is 7.25. The average Bonchev–Trinajstić information content (AvgIpc) is 2.53. The van der Waals surface area contributed by atoms with Gasteiger partial charge in [-0.3, -0.25) is 14.6 Å². The van der Waals surface area contributed by atoms with Gasteiger partial charge in [-0.15, -0.1) is 0 Å². The van der Waals surface area contributed by atoms with E-state index in [4.69, 9.17) is 0 Å². The fourth-order valence-corrected chi connectivity index (χ4v) is 2.24. The summed E-state index contributed by atoms with van der Waals surface area (Å²) in [7, 11) is 1.73. The molecule has 0 atom stereocenters. The number of hydrogen-bond donors (Lipinski definition) is 1. The zero-order valence-corrected chi connectivity index (χ0v) is 14.5. The van der Waals surface area contributed by atoms with E-state index in [1.165, 1.54) is 12.4 Å². The van der Waals surface area contributed by atoms with Crippen molar-refractivity contribution >= 4 is 11.8 Å². The van der Waals surface area contributed by atoms with Crippen LogP contribution in [0.4, 0.5) is 0 Å². The minimum atomic E-state index is -0.346. The van der Waals surface area contributed by atoms with Crippen LogP contribution < -0.4 is 5.32 Å². The molecule has 0 radical (unpaired) electrons. The lowest BCUT2D eigenvalue weighted by Crippen LogP contribution is -2.40. The molecule has 2 amide bonds. The zero-order valence-electron chi connectivity index (χ0n) is 14.5. The molecule has 0 spiro atoms. The molecule has 0 saturated carbocycles. The van der Waals surface area contributed by atoms with Gasteiger partial charge in [-0.05, 0) is 32.4 Å². The Morgan fingerprint density at radius 2 is 1.71 bits per heavy atom. The highest BCUT2D eigenvalue weighted by Gasteiger charge is 2.18. The zero-order chi connectivity index (χ0) is 17.7. The first-order chi connectivity index (χ1) is 11.3. The average molecular weight is 325 g/mol. The molecule has 0 aliphatic carbocycles. The molecule has 2 aromatic rings. The summed E-state index contributed by atoms with van der Waals surface area (Å²) in [5.74, 6) is -0.410. The summed E-state index contributed by atoms with van der Waals surface area (Å²) in [5, 5.41) is 2.87. The normalized spacial score (nSPS) is 11.0. The Labute approximate surface area is 142 Å². The van der Waals surface area contributed by atoms with Gasteiger partial charge in [-0.1, -0.05) is 30.3 Å². The number of carbonyl (C=O) groups excluding carboxylic acids is 2. The van der Waals surface area contributed by atoms with Crippen molar-refractivity contribution in [3.63, 3.8) is 0 Å². The molecule has 0 aliphatic heterocycles. The second-order valence-electron chi connectivity index (χ2n) is 6.81. The van der Waals surface area contributed by atoms with E-state index < -0.39 is 0 Å². The highest BCUT2D eigenvalue weighted by atomic mass is 16.2. The molecule has 2 rings (SSSR count). The molecule has 0 fully saturated rings. The predicted octanol–water partition coefficient (Wildman–Crippen LogP) is 2.88. The summed E-state index contributed by atoms with van der Waals surface area (Å²) in [4.78, 5) is 30.4. The van der Waals surface area contributed by atoms with Gasteiger partial charge in [0.15, 0.2) is 0 Å².